The van der Waals surface area contributed by atoms with Crippen molar-refractivity contribution in [3.05, 3.63) is 0 Å². The van der Waals surface area contributed by atoms with Crippen LogP contribution in [-0.2, 0) is 4.84 Å². The molecule has 68 valence electrons. The second kappa shape index (κ2) is 6.58. The Hall–Kier alpha value is -0.120. The summed E-state index contributed by atoms with van der Waals surface area (Å²) in [6.07, 6.45) is 1.08. The third-order valence-corrected chi connectivity index (χ3v) is 1.17. The van der Waals surface area contributed by atoms with E-state index in [2.05, 4.69) is 38.3 Å². The Morgan fingerprint density at radius 1 is 1.36 bits per heavy atom. The summed E-state index contributed by atoms with van der Waals surface area (Å²) in [6, 6.07) is 0.411. The summed E-state index contributed by atoms with van der Waals surface area (Å²) in [5.74, 6) is 0. The summed E-state index contributed by atoms with van der Waals surface area (Å²) in [5, 5.41) is 0. The van der Waals surface area contributed by atoms with Gasteiger partial charge in [-0.25, -0.2) is 5.48 Å². The van der Waals surface area contributed by atoms with Crippen molar-refractivity contribution in [1.29, 1.82) is 0 Å². The molecular formula is C8H20N2O. The van der Waals surface area contributed by atoms with Crippen molar-refractivity contribution in [2.45, 2.75) is 26.3 Å². The standard InChI is InChI=1S/C8H20N2O/c1-8(2)9-11-7-5-6-10(3)4/h8-9H,5-7H2,1-4H3. The number of hydrogen-bond acceptors (Lipinski definition) is 3. The molecule has 0 rings (SSSR count). The molecular weight excluding hydrogens is 140 g/mol. The second-order valence-corrected chi connectivity index (χ2v) is 3.28. The largest absolute Gasteiger partial charge is 0.309 e. The van der Waals surface area contributed by atoms with Crippen LogP contribution in [0.3, 0.4) is 0 Å². The molecule has 0 aromatic carbocycles. The van der Waals surface area contributed by atoms with Crippen molar-refractivity contribution in [3.63, 3.8) is 0 Å². The topological polar surface area (TPSA) is 24.5 Å². The highest BCUT2D eigenvalue weighted by atomic mass is 16.6. The summed E-state index contributed by atoms with van der Waals surface area (Å²) in [6.45, 7) is 5.99. The van der Waals surface area contributed by atoms with Gasteiger partial charge in [0.1, 0.15) is 0 Å². The van der Waals surface area contributed by atoms with Crippen molar-refractivity contribution in [2.75, 3.05) is 27.2 Å². The fourth-order valence-electron chi connectivity index (χ4n) is 0.679. The van der Waals surface area contributed by atoms with Gasteiger partial charge in [-0.15, -0.1) is 0 Å². The SMILES string of the molecule is CC(C)NOCCCN(C)C. The lowest BCUT2D eigenvalue weighted by atomic mass is 10.4. The van der Waals surface area contributed by atoms with E-state index in [1.54, 1.807) is 0 Å². The molecule has 3 nitrogen and oxygen atoms in total. The quantitative estimate of drug-likeness (QED) is 0.461. The van der Waals surface area contributed by atoms with Gasteiger partial charge in [0.15, 0.2) is 0 Å². The van der Waals surface area contributed by atoms with Crippen molar-refractivity contribution in [1.82, 2.24) is 10.4 Å². The molecule has 0 aromatic rings. The lowest BCUT2D eigenvalue weighted by molar-refractivity contribution is 0.0204. The third kappa shape index (κ3) is 9.88. The van der Waals surface area contributed by atoms with E-state index in [-0.39, 0.29) is 0 Å². The van der Waals surface area contributed by atoms with E-state index in [9.17, 15) is 0 Å². The number of nitrogens with one attached hydrogen (secondary N) is 1. The first kappa shape index (κ1) is 10.9. The Kier molecular flexibility index (Phi) is 6.51. The molecule has 1 N–H and O–H groups in total. The zero-order valence-corrected chi connectivity index (χ0v) is 8.05. The average Bonchev–Trinajstić information content (AvgIpc) is 1.85. The van der Waals surface area contributed by atoms with Gasteiger partial charge in [-0.1, -0.05) is 0 Å². The lowest BCUT2D eigenvalue weighted by Crippen LogP contribution is -2.24. The fourth-order valence-corrected chi connectivity index (χ4v) is 0.679. The molecule has 0 unspecified atom stereocenters. The van der Waals surface area contributed by atoms with Gasteiger partial charge < -0.3 is 9.74 Å². The van der Waals surface area contributed by atoms with Gasteiger partial charge in [0, 0.05) is 6.04 Å². The molecule has 3 heteroatoms. The molecule has 0 saturated carbocycles. The zero-order chi connectivity index (χ0) is 8.69. The van der Waals surface area contributed by atoms with E-state index < -0.39 is 0 Å². The van der Waals surface area contributed by atoms with Gasteiger partial charge in [0.25, 0.3) is 0 Å². The molecule has 0 atom stereocenters. The molecule has 0 radical (unpaired) electrons. The minimum Gasteiger partial charge on any atom is -0.309 e. The number of rotatable bonds is 6. The minimum atomic E-state index is 0.411. The Labute approximate surface area is 69.7 Å². The Balaban J connectivity index is 2.91. The first-order valence-corrected chi connectivity index (χ1v) is 4.15. The molecule has 0 aliphatic carbocycles. The Morgan fingerprint density at radius 2 is 2.00 bits per heavy atom. The maximum atomic E-state index is 5.17. The minimum absolute atomic E-state index is 0.411. The summed E-state index contributed by atoms with van der Waals surface area (Å²) in [5.41, 5.74) is 2.90. The van der Waals surface area contributed by atoms with Crippen LogP contribution in [0.1, 0.15) is 20.3 Å². The van der Waals surface area contributed by atoms with E-state index in [0.29, 0.717) is 6.04 Å². The Bertz CT molecular complexity index is 74.2. The number of nitrogens with zero attached hydrogens (tertiary/aromatic N) is 1. The van der Waals surface area contributed by atoms with E-state index >= 15 is 0 Å². The monoisotopic (exact) mass is 160 g/mol. The molecule has 0 amide bonds. The first-order chi connectivity index (χ1) is 5.13. The van der Waals surface area contributed by atoms with Gasteiger partial charge in [-0.3, -0.25) is 0 Å². The van der Waals surface area contributed by atoms with Crippen LogP contribution in [0.5, 0.6) is 0 Å². The van der Waals surface area contributed by atoms with Crippen LogP contribution >= 0.6 is 0 Å². The average molecular weight is 160 g/mol. The van der Waals surface area contributed by atoms with Crippen LogP contribution in [0, 0.1) is 0 Å². The third-order valence-electron chi connectivity index (χ3n) is 1.17. The summed E-state index contributed by atoms with van der Waals surface area (Å²) in [7, 11) is 4.13. The highest BCUT2D eigenvalue weighted by molar-refractivity contribution is 4.43. The van der Waals surface area contributed by atoms with E-state index in [4.69, 9.17) is 4.84 Å². The molecule has 0 bridgehead atoms. The zero-order valence-electron chi connectivity index (χ0n) is 8.05. The van der Waals surface area contributed by atoms with Gasteiger partial charge >= 0.3 is 0 Å². The van der Waals surface area contributed by atoms with Crippen LogP contribution < -0.4 is 5.48 Å². The van der Waals surface area contributed by atoms with E-state index in [1.807, 2.05) is 0 Å². The predicted molar refractivity (Wildman–Crippen MR) is 47.4 cm³/mol. The normalized spacial score (nSPS) is 11.5. The van der Waals surface area contributed by atoms with Gasteiger partial charge in [-0.2, -0.15) is 0 Å². The van der Waals surface area contributed by atoms with Crippen LogP contribution in [0.2, 0.25) is 0 Å². The number of hydrogen-bond donors (Lipinski definition) is 1. The summed E-state index contributed by atoms with van der Waals surface area (Å²) in [4.78, 5) is 7.32. The highest BCUT2D eigenvalue weighted by Crippen LogP contribution is 1.84. The van der Waals surface area contributed by atoms with Gasteiger partial charge in [0.2, 0.25) is 0 Å². The number of hydroxylamine groups is 1. The fraction of sp³-hybridized carbons (Fsp3) is 1.00. The molecule has 0 saturated heterocycles. The molecule has 11 heavy (non-hydrogen) atoms. The molecule has 0 aliphatic heterocycles. The van der Waals surface area contributed by atoms with E-state index in [1.165, 1.54) is 0 Å². The van der Waals surface area contributed by atoms with Crippen molar-refractivity contribution in [3.8, 4) is 0 Å². The van der Waals surface area contributed by atoms with Crippen LogP contribution in [0.4, 0.5) is 0 Å². The maximum absolute atomic E-state index is 5.17. The van der Waals surface area contributed by atoms with Crippen molar-refractivity contribution < 1.29 is 4.84 Å². The molecule has 0 spiro atoms. The van der Waals surface area contributed by atoms with Crippen LogP contribution in [-0.4, -0.2) is 38.2 Å². The van der Waals surface area contributed by atoms with Crippen LogP contribution in [0.25, 0.3) is 0 Å². The van der Waals surface area contributed by atoms with Crippen LogP contribution in [0.15, 0.2) is 0 Å². The van der Waals surface area contributed by atoms with Crippen molar-refractivity contribution >= 4 is 0 Å². The van der Waals surface area contributed by atoms with E-state index in [0.717, 1.165) is 19.6 Å². The van der Waals surface area contributed by atoms with Gasteiger partial charge in [-0.05, 0) is 40.9 Å². The molecule has 0 heterocycles. The first-order valence-electron chi connectivity index (χ1n) is 4.15. The smallest absolute Gasteiger partial charge is 0.0694 e. The lowest BCUT2D eigenvalue weighted by Gasteiger charge is -2.11. The van der Waals surface area contributed by atoms with Crippen molar-refractivity contribution in [2.24, 2.45) is 0 Å². The summed E-state index contributed by atoms with van der Waals surface area (Å²) < 4.78 is 0. The molecule has 0 aromatic heterocycles. The second-order valence-electron chi connectivity index (χ2n) is 3.28. The summed E-state index contributed by atoms with van der Waals surface area (Å²) >= 11 is 0. The predicted octanol–water partition coefficient (Wildman–Crippen LogP) is 0.868. The molecule has 0 fully saturated rings. The maximum Gasteiger partial charge on any atom is 0.0694 e. The van der Waals surface area contributed by atoms with Gasteiger partial charge in [0.05, 0.1) is 6.61 Å². The highest BCUT2D eigenvalue weighted by Gasteiger charge is 1.92. The molecule has 0 aliphatic rings. The Morgan fingerprint density at radius 3 is 2.45 bits per heavy atom.